The van der Waals surface area contributed by atoms with Gasteiger partial charge in [0.1, 0.15) is 12.2 Å². The third-order valence-corrected chi connectivity index (χ3v) is 5.87. The van der Waals surface area contributed by atoms with E-state index in [0.717, 1.165) is 27.9 Å². The summed E-state index contributed by atoms with van der Waals surface area (Å²) in [6.45, 7) is 9.58. The van der Waals surface area contributed by atoms with E-state index in [9.17, 15) is 14.4 Å². The van der Waals surface area contributed by atoms with Crippen LogP contribution in [-0.2, 0) is 11.3 Å². The zero-order chi connectivity index (χ0) is 24.6. The minimum Gasteiger partial charge on any atom is -0.324 e. The number of benzene rings is 2. The van der Waals surface area contributed by atoms with Gasteiger partial charge in [0.25, 0.3) is 0 Å². The highest BCUT2D eigenvalue weighted by molar-refractivity contribution is 6.10. The fourth-order valence-corrected chi connectivity index (χ4v) is 4.21. The lowest BCUT2D eigenvalue weighted by Crippen LogP contribution is -2.25. The molecule has 1 amide bonds. The second kappa shape index (κ2) is 9.06. The quantitative estimate of drug-likeness (QED) is 0.440. The van der Waals surface area contributed by atoms with Crippen molar-refractivity contribution in [1.29, 1.82) is 0 Å². The van der Waals surface area contributed by atoms with E-state index in [0.29, 0.717) is 22.3 Å². The number of aryl methyl sites for hydroxylation is 5. The molecule has 0 aliphatic carbocycles. The fourth-order valence-electron chi connectivity index (χ4n) is 4.21. The zero-order valence-electron chi connectivity index (χ0n) is 20.0. The van der Waals surface area contributed by atoms with Gasteiger partial charge in [-0.25, -0.2) is 4.98 Å². The number of hydrogen-bond acceptors (Lipinski definition) is 4. The summed E-state index contributed by atoms with van der Waals surface area (Å²) in [4.78, 5) is 44.0. The molecule has 0 atom stereocenters. The predicted octanol–water partition coefficient (Wildman–Crippen LogP) is 4.81. The number of ketones is 1. The molecule has 0 bridgehead atoms. The Hall–Kier alpha value is -4.06. The van der Waals surface area contributed by atoms with Gasteiger partial charge in [-0.2, -0.15) is 0 Å². The van der Waals surface area contributed by atoms with E-state index in [4.69, 9.17) is 0 Å². The molecule has 0 saturated carbocycles. The second-order valence-corrected chi connectivity index (χ2v) is 8.84. The smallest absolute Gasteiger partial charge is 0.244 e. The molecule has 172 valence electrons. The first-order chi connectivity index (χ1) is 16.1. The minimum atomic E-state index is -0.394. The monoisotopic (exact) mass is 453 g/mol. The first-order valence-corrected chi connectivity index (χ1v) is 11.1. The third-order valence-electron chi connectivity index (χ3n) is 5.87. The predicted molar refractivity (Wildman–Crippen MR) is 135 cm³/mol. The molecular formula is C28H27N3O3. The van der Waals surface area contributed by atoms with E-state index in [1.54, 1.807) is 28.8 Å². The van der Waals surface area contributed by atoms with Crippen molar-refractivity contribution in [2.75, 3.05) is 5.32 Å². The van der Waals surface area contributed by atoms with Gasteiger partial charge in [-0.15, -0.1) is 0 Å². The molecule has 2 aromatic heterocycles. The molecule has 0 radical (unpaired) electrons. The van der Waals surface area contributed by atoms with Crippen molar-refractivity contribution in [2.45, 2.75) is 41.2 Å². The summed E-state index contributed by atoms with van der Waals surface area (Å²) in [7, 11) is 0. The maximum Gasteiger partial charge on any atom is 0.244 e. The highest BCUT2D eigenvalue weighted by Crippen LogP contribution is 2.22. The molecule has 6 nitrogen and oxygen atoms in total. The van der Waals surface area contributed by atoms with Gasteiger partial charge in [-0.1, -0.05) is 47.5 Å². The molecule has 6 heteroatoms. The maximum absolute atomic E-state index is 13.2. The van der Waals surface area contributed by atoms with E-state index < -0.39 is 5.43 Å². The van der Waals surface area contributed by atoms with Crippen molar-refractivity contribution < 1.29 is 9.59 Å². The van der Waals surface area contributed by atoms with Gasteiger partial charge in [-0.05, 0) is 57.9 Å². The van der Waals surface area contributed by atoms with Gasteiger partial charge >= 0.3 is 0 Å². The number of rotatable bonds is 5. The first kappa shape index (κ1) is 23.1. The molecule has 0 unspecified atom stereocenters. The van der Waals surface area contributed by atoms with E-state index in [-0.39, 0.29) is 23.8 Å². The fraction of sp³-hybridized carbons (Fsp3) is 0.214. The zero-order valence-corrected chi connectivity index (χ0v) is 20.0. The van der Waals surface area contributed by atoms with Crippen molar-refractivity contribution in [1.82, 2.24) is 9.55 Å². The average molecular weight is 454 g/mol. The van der Waals surface area contributed by atoms with Crippen molar-refractivity contribution >= 4 is 28.4 Å². The molecule has 4 rings (SSSR count). The standard InChI is InChI=1S/C28H27N3O3/c1-16-6-9-21(10-7-16)26(33)23-14-31(28-22(27(23)34)11-8-20(5)29-28)15-24(32)30-25-18(3)12-17(2)13-19(25)4/h6-14H,15H2,1-5H3,(H,30,32). The maximum atomic E-state index is 13.2. The molecule has 2 heterocycles. The Labute approximate surface area is 198 Å². The van der Waals surface area contributed by atoms with E-state index >= 15 is 0 Å². The van der Waals surface area contributed by atoms with Crippen molar-refractivity contribution in [3.8, 4) is 0 Å². The number of fused-ring (bicyclic) bond motifs is 1. The van der Waals surface area contributed by atoms with E-state index in [1.165, 1.54) is 6.20 Å². The number of amides is 1. The topological polar surface area (TPSA) is 81.1 Å². The largest absolute Gasteiger partial charge is 0.324 e. The summed E-state index contributed by atoms with van der Waals surface area (Å²) in [5, 5.41) is 3.29. The van der Waals surface area contributed by atoms with Crippen molar-refractivity contribution in [2.24, 2.45) is 0 Å². The van der Waals surface area contributed by atoms with Crippen LogP contribution in [0.4, 0.5) is 5.69 Å². The molecule has 1 N–H and O–H groups in total. The van der Waals surface area contributed by atoms with Gasteiger partial charge in [0, 0.05) is 23.1 Å². The van der Waals surface area contributed by atoms with Gasteiger partial charge in [0.05, 0.1) is 10.9 Å². The summed E-state index contributed by atoms with van der Waals surface area (Å²) in [5.74, 6) is -0.649. The second-order valence-electron chi connectivity index (χ2n) is 8.84. The van der Waals surface area contributed by atoms with E-state index in [1.807, 2.05) is 58.9 Å². The van der Waals surface area contributed by atoms with Crippen LogP contribution in [-0.4, -0.2) is 21.2 Å². The first-order valence-electron chi connectivity index (χ1n) is 11.1. The van der Waals surface area contributed by atoms with Crippen LogP contribution in [0.3, 0.4) is 0 Å². The van der Waals surface area contributed by atoms with Crippen LogP contribution < -0.4 is 10.7 Å². The molecule has 0 spiro atoms. The van der Waals surface area contributed by atoms with Crippen LogP contribution in [0.15, 0.2) is 59.5 Å². The molecule has 0 saturated heterocycles. The number of carbonyl (C=O) groups excluding carboxylic acids is 2. The van der Waals surface area contributed by atoms with Crippen molar-refractivity contribution in [3.05, 3.63) is 104 Å². The Kier molecular flexibility index (Phi) is 6.16. The number of nitrogens with one attached hydrogen (secondary N) is 1. The van der Waals surface area contributed by atoms with Gasteiger partial charge < -0.3 is 9.88 Å². The highest BCUT2D eigenvalue weighted by Gasteiger charge is 2.19. The number of hydrogen-bond donors (Lipinski definition) is 1. The Morgan fingerprint density at radius 2 is 1.53 bits per heavy atom. The lowest BCUT2D eigenvalue weighted by Gasteiger charge is -2.16. The average Bonchev–Trinajstić information content (AvgIpc) is 2.78. The Bertz CT molecular complexity index is 1480. The SMILES string of the molecule is Cc1ccc(C(=O)c2cn(CC(=O)Nc3c(C)cc(C)cc3C)c3nc(C)ccc3c2=O)cc1. The van der Waals surface area contributed by atoms with Crippen LogP contribution in [0.2, 0.25) is 0 Å². The number of anilines is 1. The molecule has 0 aliphatic heterocycles. The van der Waals surface area contributed by atoms with Crippen LogP contribution in [0.25, 0.3) is 11.0 Å². The summed E-state index contributed by atoms with van der Waals surface area (Å²) in [6, 6.07) is 14.5. The summed E-state index contributed by atoms with van der Waals surface area (Å²) < 4.78 is 1.58. The van der Waals surface area contributed by atoms with Gasteiger partial charge in [0.2, 0.25) is 11.3 Å². The van der Waals surface area contributed by atoms with Crippen LogP contribution >= 0.6 is 0 Å². The molecular weight excluding hydrogens is 426 g/mol. The molecule has 34 heavy (non-hydrogen) atoms. The summed E-state index contributed by atoms with van der Waals surface area (Å²) >= 11 is 0. The lowest BCUT2D eigenvalue weighted by atomic mass is 10.0. The normalized spacial score (nSPS) is 11.0. The van der Waals surface area contributed by atoms with Gasteiger partial charge in [0.15, 0.2) is 5.78 Å². The lowest BCUT2D eigenvalue weighted by molar-refractivity contribution is -0.116. The van der Waals surface area contributed by atoms with Crippen LogP contribution in [0.5, 0.6) is 0 Å². The molecule has 0 aliphatic rings. The number of nitrogens with zero attached hydrogens (tertiary/aromatic N) is 2. The van der Waals surface area contributed by atoms with Crippen LogP contribution in [0, 0.1) is 34.6 Å². The Balaban J connectivity index is 1.77. The Morgan fingerprint density at radius 1 is 0.882 bits per heavy atom. The highest BCUT2D eigenvalue weighted by atomic mass is 16.2. The third kappa shape index (κ3) is 4.53. The minimum absolute atomic E-state index is 0.0116. The summed E-state index contributed by atoms with van der Waals surface area (Å²) in [5.41, 5.74) is 5.97. The van der Waals surface area contributed by atoms with Crippen molar-refractivity contribution in [3.63, 3.8) is 0 Å². The molecule has 2 aromatic carbocycles. The molecule has 0 fully saturated rings. The number of pyridine rings is 2. The number of carbonyl (C=O) groups is 2. The number of aromatic nitrogens is 2. The summed E-state index contributed by atoms with van der Waals surface area (Å²) in [6.07, 6.45) is 1.45. The van der Waals surface area contributed by atoms with Crippen LogP contribution in [0.1, 0.15) is 43.9 Å². The van der Waals surface area contributed by atoms with Gasteiger partial charge in [-0.3, -0.25) is 14.4 Å². The molecule has 4 aromatic rings. The Morgan fingerprint density at radius 3 is 2.18 bits per heavy atom. The van der Waals surface area contributed by atoms with E-state index in [2.05, 4.69) is 10.3 Å².